The van der Waals surface area contributed by atoms with Crippen molar-refractivity contribution in [3.8, 4) is 11.1 Å². The Morgan fingerprint density at radius 1 is 1.05 bits per heavy atom. The van der Waals surface area contributed by atoms with Crippen LogP contribution >= 0.6 is 0 Å². The second-order valence-corrected chi connectivity index (χ2v) is 5.87. The molecule has 1 unspecified atom stereocenters. The molecule has 0 saturated carbocycles. The molecule has 1 saturated heterocycles. The molecule has 2 heteroatoms. The Hall–Kier alpha value is -1.64. The van der Waals surface area contributed by atoms with Gasteiger partial charge in [0.1, 0.15) is 0 Å². The molecule has 0 amide bonds. The molecule has 2 aromatic carbocycles. The van der Waals surface area contributed by atoms with E-state index in [1.165, 1.54) is 27.8 Å². The van der Waals surface area contributed by atoms with Crippen LogP contribution in [0.25, 0.3) is 11.1 Å². The molecule has 102 valence electrons. The van der Waals surface area contributed by atoms with Crippen LogP contribution in [0, 0.1) is 0 Å². The number of benzene rings is 2. The summed E-state index contributed by atoms with van der Waals surface area (Å²) in [6.07, 6.45) is 1.07. The summed E-state index contributed by atoms with van der Waals surface area (Å²) < 4.78 is 5.23. The SMILES string of the molecule is CC(NC1COC1)c1ccc2c(c1)Cc1ccccc1-2. The van der Waals surface area contributed by atoms with Gasteiger partial charge in [0.25, 0.3) is 0 Å². The Balaban J connectivity index is 1.61. The van der Waals surface area contributed by atoms with Gasteiger partial charge in [0, 0.05) is 6.04 Å². The first-order valence-corrected chi connectivity index (χ1v) is 7.36. The topological polar surface area (TPSA) is 21.3 Å². The summed E-state index contributed by atoms with van der Waals surface area (Å²) >= 11 is 0. The molecule has 1 fully saturated rings. The molecular formula is C18H19NO. The van der Waals surface area contributed by atoms with Crippen LogP contribution in [-0.4, -0.2) is 19.3 Å². The number of hydrogen-bond acceptors (Lipinski definition) is 2. The van der Waals surface area contributed by atoms with Gasteiger partial charge in [-0.3, -0.25) is 0 Å². The molecule has 0 bridgehead atoms. The van der Waals surface area contributed by atoms with E-state index >= 15 is 0 Å². The molecule has 2 aromatic rings. The predicted octanol–water partition coefficient (Wildman–Crippen LogP) is 3.31. The summed E-state index contributed by atoms with van der Waals surface area (Å²) in [5.74, 6) is 0. The highest BCUT2D eigenvalue weighted by Gasteiger charge is 2.22. The van der Waals surface area contributed by atoms with Gasteiger partial charge < -0.3 is 10.1 Å². The summed E-state index contributed by atoms with van der Waals surface area (Å²) in [6, 6.07) is 16.6. The Labute approximate surface area is 119 Å². The van der Waals surface area contributed by atoms with E-state index in [9.17, 15) is 0 Å². The van der Waals surface area contributed by atoms with Crippen LogP contribution in [0.1, 0.15) is 29.7 Å². The van der Waals surface area contributed by atoms with Crippen molar-refractivity contribution in [2.24, 2.45) is 0 Å². The number of nitrogens with one attached hydrogen (secondary N) is 1. The zero-order valence-electron chi connectivity index (χ0n) is 11.7. The minimum atomic E-state index is 0.387. The molecular weight excluding hydrogens is 246 g/mol. The van der Waals surface area contributed by atoms with Gasteiger partial charge in [0.15, 0.2) is 0 Å². The highest BCUT2D eigenvalue weighted by atomic mass is 16.5. The lowest BCUT2D eigenvalue weighted by Crippen LogP contribution is -2.46. The third-order valence-corrected chi connectivity index (χ3v) is 4.44. The van der Waals surface area contributed by atoms with Crippen LogP contribution in [0.4, 0.5) is 0 Å². The van der Waals surface area contributed by atoms with E-state index in [-0.39, 0.29) is 0 Å². The molecule has 20 heavy (non-hydrogen) atoms. The van der Waals surface area contributed by atoms with E-state index in [0.29, 0.717) is 12.1 Å². The fourth-order valence-corrected chi connectivity index (χ4v) is 3.22. The van der Waals surface area contributed by atoms with Gasteiger partial charge in [-0.05, 0) is 41.2 Å². The van der Waals surface area contributed by atoms with Crippen molar-refractivity contribution >= 4 is 0 Å². The summed E-state index contributed by atoms with van der Waals surface area (Å²) in [5, 5.41) is 3.62. The molecule has 2 aliphatic rings. The van der Waals surface area contributed by atoms with Crippen molar-refractivity contribution in [1.82, 2.24) is 5.32 Å². The van der Waals surface area contributed by atoms with Crippen molar-refractivity contribution < 1.29 is 4.74 Å². The molecule has 1 atom stereocenters. The molecule has 1 aliphatic heterocycles. The highest BCUT2D eigenvalue weighted by Crippen LogP contribution is 2.37. The summed E-state index contributed by atoms with van der Waals surface area (Å²) in [6.45, 7) is 3.93. The van der Waals surface area contributed by atoms with E-state index in [4.69, 9.17) is 4.74 Å². The van der Waals surface area contributed by atoms with Gasteiger partial charge in [-0.2, -0.15) is 0 Å². The standard InChI is InChI=1S/C18H19NO/c1-12(19-16-10-20-11-16)13-6-7-18-15(8-13)9-14-4-2-3-5-17(14)18/h2-8,12,16,19H,9-11H2,1H3. The Morgan fingerprint density at radius 3 is 2.65 bits per heavy atom. The number of rotatable bonds is 3. The predicted molar refractivity (Wildman–Crippen MR) is 80.8 cm³/mol. The third kappa shape index (κ3) is 1.96. The monoisotopic (exact) mass is 265 g/mol. The maximum absolute atomic E-state index is 5.23. The van der Waals surface area contributed by atoms with Crippen LogP contribution in [0.15, 0.2) is 42.5 Å². The minimum absolute atomic E-state index is 0.387. The summed E-state index contributed by atoms with van der Waals surface area (Å²) in [7, 11) is 0. The summed E-state index contributed by atoms with van der Waals surface area (Å²) in [5.41, 5.74) is 7.10. The molecule has 0 spiro atoms. The maximum Gasteiger partial charge on any atom is 0.0643 e. The van der Waals surface area contributed by atoms with E-state index in [2.05, 4.69) is 54.7 Å². The highest BCUT2D eigenvalue weighted by molar-refractivity contribution is 5.76. The number of fused-ring (bicyclic) bond motifs is 3. The van der Waals surface area contributed by atoms with Crippen molar-refractivity contribution in [1.29, 1.82) is 0 Å². The first-order valence-electron chi connectivity index (χ1n) is 7.36. The van der Waals surface area contributed by atoms with Crippen LogP contribution in [-0.2, 0) is 11.2 Å². The van der Waals surface area contributed by atoms with Crippen molar-refractivity contribution in [2.75, 3.05) is 13.2 Å². The van der Waals surface area contributed by atoms with Gasteiger partial charge in [0.05, 0.1) is 19.3 Å². The van der Waals surface area contributed by atoms with E-state index in [0.717, 1.165) is 19.6 Å². The first-order chi connectivity index (χ1) is 9.81. The van der Waals surface area contributed by atoms with Crippen LogP contribution < -0.4 is 5.32 Å². The Kier molecular flexibility index (Phi) is 2.86. The van der Waals surface area contributed by atoms with Crippen LogP contribution in [0.3, 0.4) is 0 Å². The zero-order valence-corrected chi connectivity index (χ0v) is 11.7. The largest absolute Gasteiger partial charge is 0.378 e. The molecule has 0 aromatic heterocycles. The summed E-state index contributed by atoms with van der Waals surface area (Å²) in [4.78, 5) is 0. The van der Waals surface area contributed by atoms with Gasteiger partial charge in [-0.1, -0.05) is 42.5 Å². The average Bonchev–Trinajstić information content (AvgIpc) is 2.80. The van der Waals surface area contributed by atoms with Crippen LogP contribution in [0.5, 0.6) is 0 Å². The van der Waals surface area contributed by atoms with Crippen molar-refractivity contribution in [3.05, 3.63) is 59.2 Å². The minimum Gasteiger partial charge on any atom is -0.378 e. The molecule has 4 rings (SSSR count). The maximum atomic E-state index is 5.23. The molecule has 1 heterocycles. The zero-order chi connectivity index (χ0) is 13.5. The quantitative estimate of drug-likeness (QED) is 0.784. The van der Waals surface area contributed by atoms with Gasteiger partial charge in [-0.15, -0.1) is 0 Å². The normalized spacial score (nSPS) is 18.2. The van der Waals surface area contributed by atoms with E-state index in [1.807, 2.05) is 0 Å². The van der Waals surface area contributed by atoms with Gasteiger partial charge in [0.2, 0.25) is 0 Å². The van der Waals surface area contributed by atoms with Gasteiger partial charge >= 0.3 is 0 Å². The molecule has 0 radical (unpaired) electrons. The fourth-order valence-electron chi connectivity index (χ4n) is 3.22. The van der Waals surface area contributed by atoms with Gasteiger partial charge in [-0.25, -0.2) is 0 Å². The lowest BCUT2D eigenvalue weighted by atomic mass is 9.99. The Morgan fingerprint density at radius 2 is 1.85 bits per heavy atom. The second kappa shape index (κ2) is 4.72. The molecule has 1 N–H and O–H groups in total. The number of hydrogen-bond donors (Lipinski definition) is 1. The lowest BCUT2D eigenvalue weighted by molar-refractivity contribution is -0.00925. The number of ether oxygens (including phenoxy) is 1. The average molecular weight is 265 g/mol. The van der Waals surface area contributed by atoms with E-state index < -0.39 is 0 Å². The second-order valence-electron chi connectivity index (χ2n) is 5.87. The smallest absolute Gasteiger partial charge is 0.0643 e. The molecule has 2 nitrogen and oxygen atoms in total. The first kappa shape index (κ1) is 12.1. The fraction of sp³-hybridized carbons (Fsp3) is 0.333. The van der Waals surface area contributed by atoms with E-state index in [1.54, 1.807) is 0 Å². The molecule has 1 aliphatic carbocycles. The lowest BCUT2D eigenvalue weighted by Gasteiger charge is -2.30. The van der Waals surface area contributed by atoms with Crippen LogP contribution in [0.2, 0.25) is 0 Å². The third-order valence-electron chi connectivity index (χ3n) is 4.44. The van der Waals surface area contributed by atoms with Crippen molar-refractivity contribution in [2.45, 2.75) is 25.4 Å². The van der Waals surface area contributed by atoms with Crippen molar-refractivity contribution in [3.63, 3.8) is 0 Å². The Bertz CT molecular complexity index is 646.